The highest BCUT2D eigenvalue weighted by molar-refractivity contribution is 7.03. The van der Waals surface area contributed by atoms with Crippen molar-refractivity contribution < 1.29 is 9.53 Å². The summed E-state index contributed by atoms with van der Waals surface area (Å²) in [6.07, 6.45) is -0.763. The third-order valence-electron chi connectivity index (χ3n) is 2.13. The maximum Gasteiger partial charge on any atom is 0.267 e. The van der Waals surface area contributed by atoms with Gasteiger partial charge in [-0.1, -0.05) is 22.7 Å². The highest BCUT2D eigenvalue weighted by Crippen LogP contribution is 2.20. The van der Waals surface area contributed by atoms with E-state index >= 15 is 0 Å². The van der Waals surface area contributed by atoms with Crippen LogP contribution in [0.4, 0.5) is 0 Å². The first kappa shape index (κ1) is 11.5. The van der Waals surface area contributed by atoms with Crippen LogP contribution in [0.15, 0.2) is 35.7 Å². The molecule has 1 aromatic heterocycles. The largest absolute Gasteiger partial charge is 0.474 e. The fourth-order valence-corrected chi connectivity index (χ4v) is 1.77. The number of hydrogen-bond donors (Lipinski definition) is 1. The van der Waals surface area contributed by atoms with Crippen molar-refractivity contribution in [3.63, 3.8) is 0 Å². The molecule has 2 rings (SSSR count). The van der Waals surface area contributed by atoms with Crippen LogP contribution in [0.2, 0.25) is 0 Å². The molecule has 0 aliphatic carbocycles. The van der Waals surface area contributed by atoms with Crippen molar-refractivity contribution in [2.24, 2.45) is 0 Å². The Morgan fingerprint density at radius 2 is 2.18 bits per heavy atom. The molecule has 1 heterocycles. The first-order valence-corrected chi connectivity index (χ1v) is 5.85. The summed E-state index contributed by atoms with van der Waals surface area (Å²) in [5, 5.41) is 8.11. The number of hydrogen-bond acceptors (Lipinski definition) is 5. The van der Waals surface area contributed by atoms with E-state index in [1.807, 2.05) is 18.2 Å². The maximum atomic E-state index is 11.7. The van der Waals surface area contributed by atoms with Gasteiger partial charge in [0.2, 0.25) is 6.10 Å². The molecule has 17 heavy (non-hydrogen) atoms. The molecule has 1 N–H and O–H groups in total. The second kappa shape index (κ2) is 5.40. The molecule has 88 valence electrons. The lowest BCUT2D eigenvalue weighted by Crippen LogP contribution is -2.29. The van der Waals surface area contributed by atoms with Gasteiger partial charge >= 0.3 is 0 Å². The second-order valence-electron chi connectivity index (χ2n) is 3.25. The van der Waals surface area contributed by atoms with Crippen molar-refractivity contribution in [1.82, 2.24) is 14.9 Å². The van der Waals surface area contributed by atoms with Gasteiger partial charge in [0.05, 0.1) is 0 Å². The minimum absolute atomic E-state index is 0.249. The van der Waals surface area contributed by atoms with Crippen LogP contribution in [0.5, 0.6) is 5.75 Å². The van der Waals surface area contributed by atoms with E-state index in [2.05, 4.69) is 14.9 Å². The Kier molecular flexibility index (Phi) is 3.66. The number of carbonyl (C=O) groups is 1. The number of rotatable bonds is 4. The van der Waals surface area contributed by atoms with Crippen LogP contribution in [0.1, 0.15) is 11.8 Å². The monoisotopic (exact) mass is 249 g/mol. The first-order valence-electron chi connectivity index (χ1n) is 5.01. The number of nitrogens with one attached hydrogen (secondary N) is 1. The van der Waals surface area contributed by atoms with Gasteiger partial charge < -0.3 is 10.1 Å². The molecule has 6 heteroatoms. The lowest BCUT2D eigenvalue weighted by Gasteiger charge is -2.15. The van der Waals surface area contributed by atoms with Gasteiger partial charge in [-0.25, -0.2) is 0 Å². The third kappa shape index (κ3) is 2.79. The van der Waals surface area contributed by atoms with Crippen molar-refractivity contribution >= 4 is 17.4 Å². The van der Waals surface area contributed by atoms with Crippen molar-refractivity contribution in [3.05, 3.63) is 41.4 Å². The van der Waals surface area contributed by atoms with Crippen LogP contribution >= 0.6 is 11.5 Å². The van der Waals surface area contributed by atoms with Crippen molar-refractivity contribution in [1.29, 1.82) is 0 Å². The number of likely N-dealkylation sites (N-methyl/N-ethyl adjacent to an activating group) is 1. The molecule has 0 aliphatic rings. The Morgan fingerprint density at radius 3 is 2.76 bits per heavy atom. The number of benzene rings is 1. The Bertz CT molecular complexity index is 473. The van der Waals surface area contributed by atoms with Gasteiger partial charge in [-0.15, -0.1) is 5.10 Å². The number of nitrogens with zero attached hydrogens (tertiary/aromatic N) is 2. The van der Waals surface area contributed by atoms with Crippen molar-refractivity contribution in [2.45, 2.75) is 6.10 Å². The summed E-state index contributed by atoms with van der Waals surface area (Å²) in [6.45, 7) is 0. The maximum absolute atomic E-state index is 11.7. The molecule has 0 spiro atoms. The molecule has 1 unspecified atom stereocenters. The number of aromatic nitrogens is 2. The number of para-hydroxylation sites is 1. The van der Waals surface area contributed by atoms with E-state index in [-0.39, 0.29) is 5.91 Å². The van der Waals surface area contributed by atoms with Crippen LogP contribution in [0.3, 0.4) is 0 Å². The van der Waals surface area contributed by atoms with Gasteiger partial charge in [0, 0.05) is 12.4 Å². The molecule has 1 atom stereocenters. The fraction of sp³-hybridized carbons (Fsp3) is 0.182. The van der Waals surface area contributed by atoms with E-state index < -0.39 is 6.10 Å². The van der Waals surface area contributed by atoms with Gasteiger partial charge in [0.1, 0.15) is 11.4 Å². The summed E-state index contributed by atoms with van der Waals surface area (Å²) in [4.78, 5) is 11.7. The van der Waals surface area contributed by atoms with Crippen LogP contribution in [0, 0.1) is 0 Å². The first-order chi connectivity index (χ1) is 8.31. The minimum Gasteiger partial charge on any atom is -0.474 e. The predicted molar refractivity (Wildman–Crippen MR) is 63.8 cm³/mol. The summed E-state index contributed by atoms with van der Waals surface area (Å²) in [7, 11) is 1.56. The van der Waals surface area contributed by atoms with E-state index in [1.54, 1.807) is 24.6 Å². The van der Waals surface area contributed by atoms with Gasteiger partial charge in [-0.2, -0.15) is 0 Å². The van der Waals surface area contributed by atoms with Crippen molar-refractivity contribution in [3.8, 4) is 5.75 Å². The second-order valence-corrected chi connectivity index (χ2v) is 3.86. The third-order valence-corrected chi connectivity index (χ3v) is 2.65. The molecule has 0 fully saturated rings. The van der Waals surface area contributed by atoms with E-state index in [1.165, 1.54) is 11.5 Å². The molecular formula is C11H11N3O2S. The smallest absolute Gasteiger partial charge is 0.267 e. The van der Waals surface area contributed by atoms with Gasteiger partial charge in [-0.05, 0) is 23.7 Å². The normalized spacial score (nSPS) is 11.8. The summed E-state index contributed by atoms with van der Waals surface area (Å²) in [5.74, 6) is 0.371. The van der Waals surface area contributed by atoms with E-state index in [4.69, 9.17) is 4.74 Å². The zero-order chi connectivity index (χ0) is 12.1. The fourth-order valence-electron chi connectivity index (χ4n) is 1.30. The van der Waals surface area contributed by atoms with Gasteiger partial charge in [0.25, 0.3) is 5.91 Å². The quantitative estimate of drug-likeness (QED) is 0.889. The van der Waals surface area contributed by atoms with Gasteiger partial charge in [0.15, 0.2) is 0 Å². The lowest BCUT2D eigenvalue weighted by molar-refractivity contribution is -0.127. The minimum atomic E-state index is -0.763. The van der Waals surface area contributed by atoms with Crippen molar-refractivity contribution in [2.75, 3.05) is 7.05 Å². The van der Waals surface area contributed by atoms with Gasteiger partial charge in [-0.3, -0.25) is 4.79 Å². The molecule has 0 radical (unpaired) electrons. The topological polar surface area (TPSA) is 64.1 Å². The molecule has 0 aliphatic heterocycles. The highest BCUT2D eigenvalue weighted by Gasteiger charge is 2.24. The Morgan fingerprint density at radius 1 is 1.41 bits per heavy atom. The summed E-state index contributed by atoms with van der Waals surface area (Å²) >= 11 is 1.19. The van der Waals surface area contributed by atoms with Crippen LogP contribution < -0.4 is 10.1 Å². The van der Waals surface area contributed by atoms with E-state index in [9.17, 15) is 4.79 Å². The summed E-state index contributed by atoms with van der Waals surface area (Å²) in [6, 6.07) is 9.14. The number of ether oxygens (including phenoxy) is 1. The molecule has 0 bridgehead atoms. The Labute approximate surface area is 103 Å². The molecule has 0 saturated carbocycles. The Hall–Kier alpha value is -1.95. The van der Waals surface area contributed by atoms with E-state index in [0.717, 1.165) is 0 Å². The van der Waals surface area contributed by atoms with Crippen LogP contribution in [-0.2, 0) is 4.79 Å². The summed E-state index contributed by atoms with van der Waals surface area (Å²) < 4.78 is 9.34. The highest BCUT2D eigenvalue weighted by atomic mass is 32.1. The average molecular weight is 249 g/mol. The molecule has 1 aromatic carbocycles. The van der Waals surface area contributed by atoms with E-state index in [0.29, 0.717) is 11.4 Å². The van der Waals surface area contributed by atoms with Crippen LogP contribution in [0.25, 0.3) is 0 Å². The number of amides is 1. The standard InChI is InChI=1S/C11H11N3O2S/c1-12-11(15)10(9-7-17-14-13-9)16-8-5-3-2-4-6-8/h2-7,10H,1H3,(H,12,15). The average Bonchev–Trinajstić information content (AvgIpc) is 2.90. The molecule has 5 nitrogen and oxygen atoms in total. The molecule has 2 aromatic rings. The SMILES string of the molecule is CNC(=O)C(Oc1ccccc1)c1csnn1. The molecular weight excluding hydrogens is 238 g/mol. The molecule has 1 amide bonds. The predicted octanol–water partition coefficient (Wildman–Crippen LogP) is 1.40. The Balaban J connectivity index is 2.20. The zero-order valence-electron chi connectivity index (χ0n) is 9.16. The number of carbonyl (C=O) groups excluding carboxylic acids is 1. The lowest BCUT2D eigenvalue weighted by atomic mass is 10.2. The zero-order valence-corrected chi connectivity index (χ0v) is 9.98. The van der Waals surface area contributed by atoms with Crippen LogP contribution in [-0.4, -0.2) is 22.5 Å². The molecule has 0 saturated heterocycles. The summed E-state index contributed by atoms with van der Waals surface area (Å²) in [5.41, 5.74) is 0.512.